The number of amides is 1. The van der Waals surface area contributed by atoms with Gasteiger partial charge in [0.25, 0.3) is 0 Å². The molecule has 45 heavy (non-hydrogen) atoms. The molecular formula is C32H32Cl2FN7O3. The van der Waals surface area contributed by atoms with Gasteiger partial charge in [0.2, 0.25) is 11.8 Å². The molecule has 234 valence electrons. The SMILES string of the molecule is COc1nc(-c2ccnc(-c3cccc(Nc4nccc(CN5CC(O)C5)c4F)c3Cl)c2Cl)ccc1CNCC1CCC(=O)N1. The smallest absolute Gasteiger partial charge is 0.220 e. The zero-order valence-electron chi connectivity index (χ0n) is 24.5. The third kappa shape index (κ3) is 6.87. The van der Waals surface area contributed by atoms with Gasteiger partial charge in [-0.05, 0) is 30.7 Å². The van der Waals surface area contributed by atoms with E-state index in [1.165, 1.54) is 6.20 Å². The molecule has 2 aliphatic heterocycles. The molecule has 1 amide bonds. The Bertz CT molecular complexity index is 1720. The van der Waals surface area contributed by atoms with Crippen molar-refractivity contribution in [1.82, 2.24) is 30.5 Å². The number of ether oxygens (including phenoxy) is 1. The van der Waals surface area contributed by atoms with E-state index in [9.17, 15) is 9.90 Å². The number of pyridine rings is 3. The number of rotatable bonds is 11. The van der Waals surface area contributed by atoms with Gasteiger partial charge in [0.15, 0.2) is 11.6 Å². The lowest BCUT2D eigenvalue weighted by Crippen LogP contribution is -2.49. The normalized spacial score (nSPS) is 16.8. The van der Waals surface area contributed by atoms with Gasteiger partial charge in [-0.25, -0.2) is 14.4 Å². The van der Waals surface area contributed by atoms with E-state index in [4.69, 9.17) is 32.9 Å². The van der Waals surface area contributed by atoms with Crippen molar-refractivity contribution in [3.05, 3.63) is 81.8 Å². The van der Waals surface area contributed by atoms with Gasteiger partial charge in [-0.1, -0.05) is 41.4 Å². The quantitative estimate of drug-likeness (QED) is 0.178. The number of nitrogens with one attached hydrogen (secondary N) is 3. The molecule has 3 aromatic heterocycles. The van der Waals surface area contributed by atoms with E-state index in [-0.39, 0.29) is 23.9 Å². The van der Waals surface area contributed by atoms with Gasteiger partial charge >= 0.3 is 0 Å². The van der Waals surface area contributed by atoms with E-state index in [2.05, 4.69) is 25.9 Å². The molecule has 1 atom stereocenters. The summed E-state index contributed by atoms with van der Waals surface area (Å²) in [6.07, 6.45) is 4.17. The van der Waals surface area contributed by atoms with Crippen molar-refractivity contribution in [3.63, 3.8) is 0 Å². The Balaban J connectivity index is 1.21. The van der Waals surface area contributed by atoms with Crippen LogP contribution < -0.4 is 20.7 Å². The molecule has 2 aliphatic rings. The number of nitrogens with zero attached hydrogens (tertiary/aromatic N) is 4. The zero-order chi connectivity index (χ0) is 31.5. The van der Waals surface area contributed by atoms with Crippen LogP contribution in [-0.2, 0) is 17.9 Å². The molecule has 1 unspecified atom stereocenters. The van der Waals surface area contributed by atoms with E-state index < -0.39 is 5.82 Å². The number of benzene rings is 1. The Morgan fingerprint density at radius 1 is 1.07 bits per heavy atom. The maximum atomic E-state index is 15.4. The molecule has 2 saturated heterocycles. The van der Waals surface area contributed by atoms with Crippen LogP contribution in [0.4, 0.5) is 15.9 Å². The monoisotopic (exact) mass is 651 g/mol. The summed E-state index contributed by atoms with van der Waals surface area (Å²) in [6, 6.07) is 12.6. The van der Waals surface area contributed by atoms with Crippen LogP contribution >= 0.6 is 23.2 Å². The minimum Gasteiger partial charge on any atom is -0.481 e. The predicted molar refractivity (Wildman–Crippen MR) is 171 cm³/mol. The molecule has 4 aromatic rings. The Morgan fingerprint density at radius 3 is 2.64 bits per heavy atom. The molecule has 13 heteroatoms. The highest BCUT2D eigenvalue weighted by atomic mass is 35.5. The third-order valence-electron chi connectivity index (χ3n) is 7.90. The van der Waals surface area contributed by atoms with E-state index in [0.29, 0.717) is 88.8 Å². The summed E-state index contributed by atoms with van der Waals surface area (Å²) in [5.41, 5.74) is 3.99. The lowest BCUT2D eigenvalue weighted by molar-refractivity contribution is -0.119. The highest BCUT2D eigenvalue weighted by molar-refractivity contribution is 6.39. The number of hydrogen-bond acceptors (Lipinski definition) is 9. The average molecular weight is 653 g/mol. The summed E-state index contributed by atoms with van der Waals surface area (Å²) in [5, 5.41) is 19.5. The van der Waals surface area contributed by atoms with Gasteiger partial charge in [-0.15, -0.1) is 0 Å². The predicted octanol–water partition coefficient (Wildman–Crippen LogP) is 4.95. The molecule has 0 bridgehead atoms. The number of anilines is 2. The molecule has 0 radical (unpaired) electrons. The van der Waals surface area contributed by atoms with Gasteiger partial charge in [-0.2, -0.15) is 0 Å². The van der Waals surface area contributed by atoms with Crippen LogP contribution in [0.3, 0.4) is 0 Å². The second-order valence-corrected chi connectivity index (χ2v) is 11.8. The fraction of sp³-hybridized carbons (Fsp3) is 0.312. The standard InChI is InChI=1S/C32H32Cl2FN7O3/c1-45-32-18(13-36-14-20-6-8-26(44)39-20)5-7-24(41-32)22-10-12-37-30(28(22)34)23-3-2-4-25(27(23)33)40-31-29(35)19(9-11-38-31)15-42-16-21(43)17-42/h2-5,7,9-12,20-21,36,43H,6,8,13-17H2,1H3,(H,38,40)(H,39,44). The number of β-amino-alcohol motifs (C(OH)–C–C–N with tert-alkyl or cyclic N) is 1. The van der Waals surface area contributed by atoms with Crippen molar-refractivity contribution in [3.8, 4) is 28.4 Å². The lowest BCUT2D eigenvalue weighted by Gasteiger charge is -2.35. The second kappa shape index (κ2) is 13.6. The molecule has 0 saturated carbocycles. The number of hydrogen-bond donors (Lipinski definition) is 4. The van der Waals surface area contributed by atoms with Crippen molar-refractivity contribution >= 4 is 40.6 Å². The molecule has 10 nitrogen and oxygen atoms in total. The number of halogens is 3. The number of likely N-dealkylation sites (tertiary alicyclic amines) is 1. The second-order valence-electron chi connectivity index (χ2n) is 11.1. The first-order valence-electron chi connectivity index (χ1n) is 14.6. The van der Waals surface area contributed by atoms with Crippen LogP contribution in [0.15, 0.2) is 54.9 Å². The van der Waals surface area contributed by atoms with E-state index in [1.54, 1.807) is 43.6 Å². The summed E-state index contributed by atoms with van der Waals surface area (Å²) < 4.78 is 20.9. The minimum atomic E-state index is -0.484. The molecule has 6 rings (SSSR count). The summed E-state index contributed by atoms with van der Waals surface area (Å²) in [6.45, 7) is 2.57. The first-order chi connectivity index (χ1) is 21.8. The largest absolute Gasteiger partial charge is 0.481 e. The van der Waals surface area contributed by atoms with Gasteiger partial charge in [-0.3, -0.25) is 14.7 Å². The topological polar surface area (TPSA) is 125 Å². The fourth-order valence-corrected chi connectivity index (χ4v) is 6.09. The first kappa shape index (κ1) is 31.1. The lowest BCUT2D eigenvalue weighted by atomic mass is 10.1. The number of carbonyl (C=O) groups is 1. The number of aromatic nitrogens is 3. The molecule has 1 aromatic carbocycles. The molecule has 0 spiro atoms. The summed E-state index contributed by atoms with van der Waals surface area (Å²) in [4.78, 5) is 26.8. The highest BCUT2D eigenvalue weighted by Gasteiger charge is 2.26. The maximum absolute atomic E-state index is 15.4. The molecule has 4 N–H and O–H groups in total. The Labute approximate surface area is 270 Å². The van der Waals surface area contributed by atoms with Gasteiger partial charge in [0.05, 0.1) is 40.3 Å². The summed E-state index contributed by atoms with van der Waals surface area (Å²) in [7, 11) is 1.56. The van der Waals surface area contributed by atoms with E-state index >= 15 is 4.39 Å². The Hall–Kier alpha value is -3.87. The zero-order valence-corrected chi connectivity index (χ0v) is 26.0. The van der Waals surface area contributed by atoms with Crippen molar-refractivity contribution in [2.24, 2.45) is 0 Å². The summed E-state index contributed by atoms with van der Waals surface area (Å²) >= 11 is 13.8. The Kier molecular flexibility index (Phi) is 9.43. The third-order valence-corrected chi connectivity index (χ3v) is 8.69. The highest BCUT2D eigenvalue weighted by Crippen LogP contribution is 2.41. The first-order valence-corrected chi connectivity index (χ1v) is 15.3. The fourth-order valence-electron chi connectivity index (χ4n) is 5.52. The van der Waals surface area contributed by atoms with Crippen LogP contribution in [0.1, 0.15) is 24.0 Å². The molecule has 2 fully saturated rings. The van der Waals surface area contributed by atoms with Crippen molar-refractivity contribution in [1.29, 1.82) is 0 Å². The van der Waals surface area contributed by atoms with Crippen LogP contribution in [0.5, 0.6) is 5.88 Å². The number of aliphatic hydroxyl groups excluding tert-OH is 1. The molecular weight excluding hydrogens is 620 g/mol. The van der Waals surface area contributed by atoms with Crippen molar-refractivity contribution in [2.75, 3.05) is 32.1 Å². The molecule has 5 heterocycles. The number of methoxy groups -OCH3 is 1. The average Bonchev–Trinajstić information content (AvgIpc) is 3.44. The minimum absolute atomic E-state index is 0.0410. The number of carbonyl (C=O) groups excluding carboxylic acids is 1. The summed E-state index contributed by atoms with van der Waals surface area (Å²) in [5.74, 6) is 0.0951. The van der Waals surface area contributed by atoms with Crippen LogP contribution in [-0.4, -0.2) is 69.8 Å². The Morgan fingerprint density at radius 2 is 1.89 bits per heavy atom. The van der Waals surface area contributed by atoms with Crippen LogP contribution in [0.25, 0.3) is 22.5 Å². The van der Waals surface area contributed by atoms with Crippen molar-refractivity contribution < 1.29 is 19.0 Å². The van der Waals surface area contributed by atoms with E-state index in [0.717, 1.165) is 12.0 Å². The van der Waals surface area contributed by atoms with Crippen LogP contribution in [0.2, 0.25) is 10.0 Å². The van der Waals surface area contributed by atoms with Crippen molar-refractivity contribution in [2.45, 2.75) is 38.1 Å². The van der Waals surface area contributed by atoms with Gasteiger partial charge in [0.1, 0.15) is 0 Å². The van der Waals surface area contributed by atoms with Gasteiger partial charge < -0.3 is 25.8 Å². The van der Waals surface area contributed by atoms with Gasteiger partial charge in [0, 0.05) is 79.8 Å². The number of aliphatic hydroxyl groups is 1. The maximum Gasteiger partial charge on any atom is 0.220 e. The van der Waals surface area contributed by atoms with E-state index in [1.807, 2.05) is 17.0 Å². The molecule has 0 aliphatic carbocycles. The van der Waals surface area contributed by atoms with Crippen LogP contribution in [0, 0.1) is 5.82 Å².